The van der Waals surface area contributed by atoms with Gasteiger partial charge in [0, 0.05) is 23.4 Å². The highest BCUT2D eigenvalue weighted by Gasteiger charge is 2.15. The maximum absolute atomic E-state index is 12.7. The monoisotopic (exact) mass is 401 g/mol. The highest BCUT2D eigenvalue weighted by Crippen LogP contribution is 2.31. The zero-order valence-corrected chi connectivity index (χ0v) is 16.5. The van der Waals surface area contributed by atoms with Crippen LogP contribution in [0.5, 0.6) is 5.75 Å². The summed E-state index contributed by atoms with van der Waals surface area (Å²) in [6.45, 7) is 3.78. The zero-order valence-electron chi connectivity index (χ0n) is 16.5. The Hall–Kier alpha value is -4.18. The van der Waals surface area contributed by atoms with Crippen molar-refractivity contribution in [2.45, 2.75) is 20.0 Å². The number of rotatable bonds is 6. The van der Waals surface area contributed by atoms with Crippen LogP contribution in [0.2, 0.25) is 0 Å². The lowest BCUT2D eigenvalue weighted by molar-refractivity contribution is -0.384. The summed E-state index contributed by atoms with van der Waals surface area (Å²) in [5.41, 5.74) is 0.544. The third-order valence-corrected chi connectivity index (χ3v) is 4.26. The molecule has 0 saturated carbocycles. The van der Waals surface area contributed by atoms with Gasteiger partial charge in [-0.1, -0.05) is 36.4 Å². The van der Waals surface area contributed by atoms with Crippen molar-refractivity contribution < 1.29 is 14.5 Å². The second-order valence-corrected chi connectivity index (χ2v) is 6.80. The number of hydrogen-bond donors (Lipinski definition) is 1. The highest BCUT2D eigenvalue weighted by atomic mass is 16.6. The van der Waals surface area contributed by atoms with Gasteiger partial charge in [0.1, 0.15) is 17.4 Å². The Morgan fingerprint density at radius 3 is 2.63 bits per heavy atom. The molecule has 0 fully saturated rings. The van der Waals surface area contributed by atoms with Crippen LogP contribution in [-0.4, -0.2) is 16.9 Å². The molecule has 1 N–H and O–H groups in total. The molecule has 150 valence electrons. The molecule has 0 aliphatic heterocycles. The maximum Gasteiger partial charge on any atom is 0.271 e. The molecule has 7 heteroatoms. The fraction of sp³-hybridized carbons (Fsp3) is 0.130. The SMILES string of the molecule is CC(C)Oc1ccc2ccccc2c1/C=C(\C#N)C(=O)Nc1cccc([N+](=O)[O-])c1. The van der Waals surface area contributed by atoms with Gasteiger partial charge in [-0.15, -0.1) is 0 Å². The summed E-state index contributed by atoms with van der Waals surface area (Å²) in [6, 6.07) is 18.8. The number of hydrogen-bond acceptors (Lipinski definition) is 5. The first-order valence-corrected chi connectivity index (χ1v) is 9.25. The Morgan fingerprint density at radius 2 is 1.93 bits per heavy atom. The smallest absolute Gasteiger partial charge is 0.271 e. The first kappa shape index (κ1) is 20.6. The zero-order chi connectivity index (χ0) is 21.7. The number of ether oxygens (including phenoxy) is 1. The number of non-ortho nitro benzene ring substituents is 1. The van der Waals surface area contributed by atoms with Gasteiger partial charge in [-0.3, -0.25) is 14.9 Å². The Balaban J connectivity index is 2.02. The molecular formula is C23H19N3O4. The van der Waals surface area contributed by atoms with Crippen molar-refractivity contribution in [3.63, 3.8) is 0 Å². The van der Waals surface area contributed by atoms with E-state index in [0.717, 1.165) is 10.8 Å². The van der Waals surface area contributed by atoms with Crippen LogP contribution in [0.25, 0.3) is 16.8 Å². The quantitative estimate of drug-likeness (QED) is 0.268. The topological polar surface area (TPSA) is 105 Å². The van der Waals surface area contributed by atoms with Crippen molar-refractivity contribution in [2.75, 3.05) is 5.32 Å². The van der Waals surface area contributed by atoms with E-state index >= 15 is 0 Å². The summed E-state index contributed by atoms with van der Waals surface area (Å²) in [4.78, 5) is 23.1. The van der Waals surface area contributed by atoms with Crippen molar-refractivity contribution in [1.29, 1.82) is 5.26 Å². The Kier molecular flexibility index (Phi) is 6.08. The minimum Gasteiger partial charge on any atom is -0.490 e. The van der Waals surface area contributed by atoms with Crippen molar-refractivity contribution >= 4 is 34.1 Å². The Morgan fingerprint density at radius 1 is 1.17 bits per heavy atom. The fourth-order valence-corrected chi connectivity index (χ4v) is 2.97. The molecule has 0 radical (unpaired) electrons. The van der Waals surface area contributed by atoms with E-state index in [1.807, 2.05) is 56.3 Å². The normalized spacial score (nSPS) is 11.2. The standard InChI is InChI=1S/C23H19N3O4/c1-15(2)30-22-11-10-16-6-3-4-9-20(16)21(22)12-17(14-24)23(27)25-18-7-5-8-19(13-18)26(28)29/h3-13,15H,1-2H3,(H,25,27)/b17-12+. The van der Waals surface area contributed by atoms with Gasteiger partial charge >= 0.3 is 0 Å². The lowest BCUT2D eigenvalue weighted by atomic mass is 10.0. The lowest BCUT2D eigenvalue weighted by Crippen LogP contribution is -2.14. The molecule has 0 atom stereocenters. The number of nitrogens with one attached hydrogen (secondary N) is 1. The number of nitro groups is 1. The van der Waals surface area contributed by atoms with E-state index in [9.17, 15) is 20.2 Å². The largest absolute Gasteiger partial charge is 0.490 e. The number of amides is 1. The minimum atomic E-state index is -0.665. The number of nitrogens with zero attached hydrogens (tertiary/aromatic N) is 2. The van der Waals surface area contributed by atoms with Gasteiger partial charge in [0.25, 0.3) is 11.6 Å². The first-order valence-electron chi connectivity index (χ1n) is 9.25. The Bertz CT molecular complexity index is 1190. The molecule has 0 heterocycles. The third-order valence-electron chi connectivity index (χ3n) is 4.26. The van der Waals surface area contributed by atoms with Crippen LogP contribution in [0.15, 0.2) is 66.2 Å². The van der Waals surface area contributed by atoms with Gasteiger partial charge in [-0.25, -0.2) is 0 Å². The molecule has 0 spiro atoms. The highest BCUT2D eigenvalue weighted by molar-refractivity contribution is 6.11. The van der Waals surface area contributed by atoms with E-state index in [0.29, 0.717) is 11.3 Å². The van der Waals surface area contributed by atoms with Crippen molar-refractivity contribution in [1.82, 2.24) is 0 Å². The lowest BCUT2D eigenvalue weighted by Gasteiger charge is -2.15. The summed E-state index contributed by atoms with van der Waals surface area (Å²) in [5, 5.41) is 24.9. The predicted molar refractivity (Wildman–Crippen MR) is 115 cm³/mol. The van der Waals surface area contributed by atoms with Crippen LogP contribution >= 0.6 is 0 Å². The summed E-state index contributed by atoms with van der Waals surface area (Å²) >= 11 is 0. The van der Waals surface area contributed by atoms with Gasteiger partial charge in [0.05, 0.1) is 11.0 Å². The predicted octanol–water partition coefficient (Wildman–Crippen LogP) is 5.08. The molecule has 0 bridgehead atoms. The molecule has 30 heavy (non-hydrogen) atoms. The van der Waals surface area contributed by atoms with E-state index in [-0.39, 0.29) is 23.1 Å². The molecule has 0 aromatic heterocycles. The first-order chi connectivity index (χ1) is 14.4. The van der Waals surface area contributed by atoms with Crippen LogP contribution in [0.1, 0.15) is 19.4 Å². The molecule has 0 aliphatic rings. The van der Waals surface area contributed by atoms with E-state index < -0.39 is 10.8 Å². The van der Waals surface area contributed by atoms with E-state index in [4.69, 9.17) is 4.74 Å². The van der Waals surface area contributed by atoms with Crippen LogP contribution in [0.4, 0.5) is 11.4 Å². The number of fused-ring (bicyclic) bond motifs is 1. The van der Waals surface area contributed by atoms with Crippen LogP contribution in [-0.2, 0) is 4.79 Å². The van der Waals surface area contributed by atoms with Crippen molar-refractivity contribution in [2.24, 2.45) is 0 Å². The second kappa shape index (κ2) is 8.88. The number of nitro benzene ring substituents is 1. The van der Waals surface area contributed by atoms with E-state index in [1.165, 1.54) is 30.3 Å². The number of nitriles is 1. The summed E-state index contributed by atoms with van der Waals surface area (Å²) < 4.78 is 5.88. The summed E-state index contributed by atoms with van der Waals surface area (Å²) in [7, 11) is 0. The molecule has 7 nitrogen and oxygen atoms in total. The molecule has 3 rings (SSSR count). The molecule has 1 amide bonds. The van der Waals surface area contributed by atoms with Gasteiger partial charge in [-0.05, 0) is 42.8 Å². The number of carbonyl (C=O) groups excluding carboxylic acids is 1. The molecule has 0 aliphatic carbocycles. The Labute approximate surface area is 173 Å². The number of anilines is 1. The van der Waals surface area contributed by atoms with Gasteiger partial charge in [0.2, 0.25) is 0 Å². The van der Waals surface area contributed by atoms with Crippen LogP contribution < -0.4 is 10.1 Å². The summed E-state index contributed by atoms with van der Waals surface area (Å²) in [6.07, 6.45) is 1.38. The van der Waals surface area contributed by atoms with Crippen LogP contribution in [0, 0.1) is 21.4 Å². The average molecular weight is 401 g/mol. The molecule has 0 saturated heterocycles. The maximum atomic E-state index is 12.7. The second-order valence-electron chi connectivity index (χ2n) is 6.80. The van der Waals surface area contributed by atoms with Gasteiger partial charge in [-0.2, -0.15) is 5.26 Å². The van der Waals surface area contributed by atoms with Crippen LogP contribution in [0.3, 0.4) is 0 Å². The van der Waals surface area contributed by atoms with Crippen molar-refractivity contribution in [3.8, 4) is 11.8 Å². The molecule has 3 aromatic carbocycles. The fourth-order valence-electron chi connectivity index (χ4n) is 2.97. The number of carbonyl (C=O) groups is 1. The average Bonchev–Trinajstić information content (AvgIpc) is 2.72. The van der Waals surface area contributed by atoms with E-state index in [2.05, 4.69) is 5.32 Å². The number of benzene rings is 3. The van der Waals surface area contributed by atoms with E-state index in [1.54, 1.807) is 0 Å². The van der Waals surface area contributed by atoms with Gasteiger partial charge < -0.3 is 10.1 Å². The molecule has 3 aromatic rings. The minimum absolute atomic E-state index is 0.0949. The summed E-state index contributed by atoms with van der Waals surface area (Å²) in [5.74, 6) is -0.110. The molecule has 0 unspecified atom stereocenters. The third kappa shape index (κ3) is 4.62. The molecular weight excluding hydrogens is 382 g/mol. The van der Waals surface area contributed by atoms with Gasteiger partial charge in [0.15, 0.2) is 0 Å². The van der Waals surface area contributed by atoms with Crippen molar-refractivity contribution in [3.05, 3.63) is 81.9 Å².